The molecule has 10 heteroatoms. The molecule has 0 aromatic heterocycles. The molecule has 1 saturated carbocycles. The number of likely N-dealkylation sites (tertiary alicyclic amines) is 1. The molecule has 44 heavy (non-hydrogen) atoms. The molecule has 2 aliphatic rings. The summed E-state index contributed by atoms with van der Waals surface area (Å²) in [5.74, 6) is -1.42. The molecular weight excluding hydrogens is 568 g/mol. The van der Waals surface area contributed by atoms with Crippen LogP contribution in [-0.4, -0.2) is 61.7 Å². The van der Waals surface area contributed by atoms with Gasteiger partial charge in [-0.3, -0.25) is 4.79 Å². The second-order valence-electron chi connectivity index (χ2n) is 11.4. The summed E-state index contributed by atoms with van der Waals surface area (Å²) in [7, 11) is 0. The van der Waals surface area contributed by atoms with Crippen molar-refractivity contribution in [1.82, 2.24) is 10.2 Å². The van der Waals surface area contributed by atoms with Gasteiger partial charge in [-0.05, 0) is 108 Å². The highest BCUT2D eigenvalue weighted by molar-refractivity contribution is 5.45. The Hall–Kier alpha value is -3.01. The molecular formula is C34H55F2N3O5. The monoisotopic (exact) mass is 623 g/mol. The Morgan fingerprint density at radius 1 is 1.09 bits per heavy atom. The van der Waals surface area contributed by atoms with Crippen LogP contribution in [0.1, 0.15) is 90.9 Å². The molecule has 1 aromatic rings. The number of hydrogen-bond donors (Lipinski definition) is 1. The molecule has 0 radical (unpaired) electrons. The molecule has 1 saturated heterocycles. The summed E-state index contributed by atoms with van der Waals surface area (Å²) >= 11 is 0. The number of piperidine rings is 1. The van der Waals surface area contributed by atoms with Crippen LogP contribution in [0.2, 0.25) is 0 Å². The van der Waals surface area contributed by atoms with Gasteiger partial charge in [0.15, 0.2) is 6.61 Å². The minimum atomic E-state index is -2.89. The number of nitrogens with one attached hydrogen (secondary N) is 1. The van der Waals surface area contributed by atoms with Gasteiger partial charge in [0, 0.05) is 6.54 Å². The Balaban J connectivity index is 0.000000364. The fraction of sp³-hybridized carbons (Fsp3) is 0.676. The Bertz CT molecular complexity index is 903. The van der Waals surface area contributed by atoms with Crippen LogP contribution >= 0.6 is 0 Å². The van der Waals surface area contributed by atoms with E-state index in [-0.39, 0.29) is 6.61 Å². The topological polar surface area (TPSA) is 93.9 Å². The smallest absolute Gasteiger partial charge is 0.299 e. The molecule has 0 spiro atoms. The van der Waals surface area contributed by atoms with Crippen LogP contribution in [0.4, 0.5) is 8.78 Å². The third-order valence-corrected chi connectivity index (χ3v) is 7.69. The number of ether oxygens (including phenoxy) is 1. The SMILES string of the molecule is C/C=C\CCCC.FC(F)(/C=C/C1CCCC1)COc1ccccc1.O=CNCCCN1CCC(CCCO[N+](=O)[O-])CC1. The van der Waals surface area contributed by atoms with Crippen molar-refractivity contribution in [2.75, 3.05) is 39.4 Å². The van der Waals surface area contributed by atoms with Gasteiger partial charge < -0.3 is 19.8 Å². The van der Waals surface area contributed by atoms with E-state index in [0.717, 1.165) is 96.5 Å². The zero-order valence-corrected chi connectivity index (χ0v) is 26.8. The quantitative estimate of drug-likeness (QED) is 0.0585. The fourth-order valence-electron chi connectivity index (χ4n) is 5.13. The van der Waals surface area contributed by atoms with Crippen LogP contribution in [0.25, 0.3) is 0 Å². The zero-order chi connectivity index (χ0) is 32.3. The van der Waals surface area contributed by atoms with Gasteiger partial charge in [-0.15, -0.1) is 10.1 Å². The molecule has 1 heterocycles. The first-order chi connectivity index (χ1) is 21.3. The van der Waals surface area contributed by atoms with Crippen LogP contribution in [0.5, 0.6) is 5.75 Å². The van der Waals surface area contributed by atoms with Crippen molar-refractivity contribution >= 4 is 6.41 Å². The summed E-state index contributed by atoms with van der Waals surface area (Å²) in [5.41, 5.74) is 0. The Morgan fingerprint density at radius 2 is 1.80 bits per heavy atom. The first-order valence-electron chi connectivity index (χ1n) is 16.3. The maximum Gasteiger partial charge on any atom is 0.299 e. The van der Waals surface area contributed by atoms with E-state index < -0.39 is 17.6 Å². The normalized spacial score (nSPS) is 16.2. The lowest BCUT2D eigenvalue weighted by Gasteiger charge is -2.31. The lowest BCUT2D eigenvalue weighted by Crippen LogP contribution is -2.35. The molecule has 1 aliphatic heterocycles. The number of para-hydroxylation sites is 1. The Morgan fingerprint density at radius 3 is 2.41 bits per heavy atom. The minimum absolute atomic E-state index is 0.213. The van der Waals surface area contributed by atoms with Crippen molar-refractivity contribution in [3.8, 4) is 5.75 Å². The maximum absolute atomic E-state index is 13.6. The average molecular weight is 624 g/mol. The summed E-state index contributed by atoms with van der Waals surface area (Å²) in [4.78, 5) is 26.8. The van der Waals surface area contributed by atoms with Gasteiger partial charge in [0.25, 0.3) is 11.0 Å². The molecule has 2 fully saturated rings. The first-order valence-corrected chi connectivity index (χ1v) is 16.3. The van der Waals surface area contributed by atoms with Crippen LogP contribution in [0, 0.1) is 22.0 Å². The number of alkyl halides is 2. The number of unbranched alkanes of at least 4 members (excludes halogenated alkanes) is 2. The molecule has 250 valence electrons. The zero-order valence-electron chi connectivity index (χ0n) is 26.8. The van der Waals surface area contributed by atoms with E-state index in [1.165, 1.54) is 19.3 Å². The van der Waals surface area contributed by atoms with Gasteiger partial charge in [0.2, 0.25) is 6.41 Å². The van der Waals surface area contributed by atoms with E-state index in [9.17, 15) is 23.7 Å². The summed E-state index contributed by atoms with van der Waals surface area (Å²) < 4.78 is 32.2. The Kier molecular flexibility index (Phi) is 22.5. The van der Waals surface area contributed by atoms with Crippen molar-refractivity contribution < 1.29 is 28.2 Å². The van der Waals surface area contributed by atoms with Gasteiger partial charge in [-0.1, -0.05) is 69.0 Å². The molecule has 8 nitrogen and oxygen atoms in total. The van der Waals surface area contributed by atoms with Crippen molar-refractivity contribution in [3.63, 3.8) is 0 Å². The van der Waals surface area contributed by atoms with E-state index in [1.54, 1.807) is 30.3 Å². The lowest BCUT2D eigenvalue weighted by molar-refractivity contribution is -0.757. The largest absolute Gasteiger partial charge is 0.487 e. The molecule has 0 unspecified atom stereocenters. The van der Waals surface area contributed by atoms with Gasteiger partial charge in [0.05, 0.1) is 6.61 Å². The predicted molar refractivity (Wildman–Crippen MR) is 172 cm³/mol. The number of hydrogen-bond acceptors (Lipinski definition) is 6. The van der Waals surface area contributed by atoms with Gasteiger partial charge >= 0.3 is 0 Å². The van der Waals surface area contributed by atoms with Crippen molar-refractivity contribution in [2.24, 2.45) is 11.8 Å². The number of halogens is 2. The number of benzene rings is 1. The highest BCUT2D eigenvalue weighted by Crippen LogP contribution is 2.28. The summed E-state index contributed by atoms with van der Waals surface area (Å²) in [5, 5.41) is 11.9. The first kappa shape index (κ1) is 39.0. The number of rotatable bonds is 18. The standard InChI is InChI=1S/C15H18F2O.C12H23N3O4.C7H14/c16-15(17,11-10-13-6-4-5-7-13)12-18-14-8-2-1-3-9-14;16-11-13-6-2-7-14-8-4-12(5-9-14)3-1-10-19-15(17)18;1-3-5-7-6-4-2/h1-3,8-11,13H,4-7,12H2;11-12H,1-10H2,(H,13,16);3,5H,4,6-7H2,1-2H3/b11-10+;;5-3-. The fourth-order valence-corrected chi connectivity index (χ4v) is 5.13. The molecule has 1 amide bonds. The number of nitrogens with zero attached hydrogens (tertiary/aromatic N) is 2. The van der Waals surface area contributed by atoms with Gasteiger partial charge in [0.1, 0.15) is 5.75 Å². The van der Waals surface area contributed by atoms with E-state index in [1.807, 2.05) is 6.07 Å². The number of carbonyl (C=O) groups excluding carboxylic acids is 1. The van der Waals surface area contributed by atoms with Gasteiger partial charge in [-0.25, -0.2) is 0 Å². The number of amides is 1. The molecule has 1 N–H and O–H groups in total. The molecule has 0 atom stereocenters. The minimum Gasteiger partial charge on any atom is -0.487 e. The predicted octanol–water partition coefficient (Wildman–Crippen LogP) is 8.02. The molecule has 0 bridgehead atoms. The van der Waals surface area contributed by atoms with E-state index in [4.69, 9.17) is 4.74 Å². The van der Waals surface area contributed by atoms with Crippen molar-refractivity contribution in [2.45, 2.75) is 96.8 Å². The summed E-state index contributed by atoms with van der Waals surface area (Å²) in [6.45, 7) is 7.83. The average Bonchev–Trinajstić information content (AvgIpc) is 3.56. The second kappa shape index (κ2) is 25.3. The molecule has 3 rings (SSSR count). The van der Waals surface area contributed by atoms with Crippen LogP contribution in [0.3, 0.4) is 0 Å². The molecule has 1 aliphatic carbocycles. The maximum atomic E-state index is 13.6. The van der Waals surface area contributed by atoms with Crippen molar-refractivity contribution in [1.29, 1.82) is 0 Å². The van der Waals surface area contributed by atoms with E-state index in [0.29, 0.717) is 17.6 Å². The van der Waals surface area contributed by atoms with Gasteiger partial charge in [-0.2, -0.15) is 8.78 Å². The second-order valence-corrected chi connectivity index (χ2v) is 11.4. The highest BCUT2D eigenvalue weighted by Gasteiger charge is 2.27. The summed E-state index contributed by atoms with van der Waals surface area (Å²) in [6.07, 6.45) is 21.1. The summed E-state index contributed by atoms with van der Waals surface area (Å²) in [6, 6.07) is 8.71. The van der Waals surface area contributed by atoms with Crippen molar-refractivity contribution in [3.05, 3.63) is 64.8 Å². The van der Waals surface area contributed by atoms with Crippen LogP contribution in [-0.2, 0) is 9.63 Å². The van der Waals surface area contributed by atoms with Crippen LogP contribution < -0.4 is 10.1 Å². The third-order valence-electron chi connectivity index (χ3n) is 7.69. The number of carbonyl (C=O) groups is 1. The Labute approximate surface area is 263 Å². The third kappa shape index (κ3) is 21.6. The van der Waals surface area contributed by atoms with E-state index >= 15 is 0 Å². The number of allylic oxidation sites excluding steroid dienone is 3. The molecule has 1 aromatic carbocycles. The van der Waals surface area contributed by atoms with Crippen LogP contribution in [0.15, 0.2) is 54.6 Å². The lowest BCUT2D eigenvalue weighted by atomic mass is 9.92. The van der Waals surface area contributed by atoms with E-state index in [2.05, 4.69) is 41.1 Å². The highest BCUT2D eigenvalue weighted by atomic mass is 19.3.